The van der Waals surface area contributed by atoms with E-state index in [-0.39, 0.29) is 62.1 Å². The zero-order chi connectivity index (χ0) is 69.1. The third-order valence-electron chi connectivity index (χ3n) is 18.3. The first kappa shape index (κ1) is 81.7. The zero-order valence-corrected chi connectivity index (χ0v) is 59.7. The molecule has 1 heterocycles. The summed E-state index contributed by atoms with van der Waals surface area (Å²) in [6.45, 7) is 31.7. The Morgan fingerprint density at radius 3 is 1.37 bits per heavy atom. The molecule has 0 radical (unpaired) electrons. The molecular formula is C67H121N9O13. The van der Waals surface area contributed by atoms with Gasteiger partial charge in [0.25, 0.3) is 0 Å². The van der Waals surface area contributed by atoms with E-state index in [1.54, 1.807) is 55.6 Å². The summed E-state index contributed by atoms with van der Waals surface area (Å²) in [7, 11) is 13.8. The second-order valence-electron chi connectivity index (χ2n) is 28.2. The average Bonchev–Trinajstić information content (AvgIpc) is 1.65. The Labute approximate surface area is 535 Å². The van der Waals surface area contributed by atoms with Crippen LogP contribution in [-0.4, -0.2) is 247 Å². The van der Waals surface area contributed by atoms with Crippen molar-refractivity contribution in [3.05, 3.63) is 0 Å². The third-order valence-corrected chi connectivity index (χ3v) is 18.3. The molecule has 1 aliphatic rings. The number of carbonyl (C=O) groups excluding carboxylic acids is 11. The molecule has 0 bridgehead atoms. The van der Waals surface area contributed by atoms with Crippen molar-refractivity contribution >= 4 is 64.6 Å². The maximum absolute atomic E-state index is 15.3. The molecule has 0 aliphatic carbocycles. The second kappa shape index (κ2) is 37.2. The molecule has 1 saturated heterocycles. The Hall–Kier alpha value is -5.35. The van der Waals surface area contributed by atoms with Crippen molar-refractivity contribution in [2.45, 2.75) is 224 Å². The van der Waals surface area contributed by atoms with E-state index in [4.69, 9.17) is 4.74 Å². The van der Waals surface area contributed by atoms with Crippen LogP contribution in [0.3, 0.4) is 0 Å². The monoisotopic (exact) mass is 1260 g/mol. The first-order valence-corrected chi connectivity index (χ1v) is 32.7. The Morgan fingerprint density at radius 2 is 0.921 bits per heavy atom. The molecule has 8 amide bonds. The van der Waals surface area contributed by atoms with Gasteiger partial charge in [0, 0.05) is 100 Å². The number of carbonyl (C=O) groups is 11. The fourth-order valence-electron chi connectivity index (χ4n) is 12.2. The molecule has 1 unspecified atom stereocenters. The number of amides is 8. The lowest BCUT2D eigenvalue weighted by Crippen LogP contribution is -2.62. The average molecular weight is 1260 g/mol. The lowest BCUT2D eigenvalue weighted by molar-refractivity contribution is -0.157. The van der Waals surface area contributed by atoms with Gasteiger partial charge < -0.3 is 54.4 Å². The first-order valence-electron chi connectivity index (χ1n) is 32.7. The minimum Gasteiger partial charge on any atom is -0.390 e. The molecule has 512 valence electrons. The third kappa shape index (κ3) is 22.8. The van der Waals surface area contributed by atoms with Crippen LogP contribution in [-0.2, 0) is 57.5 Å². The van der Waals surface area contributed by atoms with Gasteiger partial charge in [-0.25, -0.2) is 0 Å². The molecule has 0 aromatic heterocycles. The molecule has 0 aromatic rings. The standard InChI is InChI=1S/C67H121N9O13/c1-27-48-36-55(79)58(59(80)44(14)28-29-69(18)30-31-89-26)76(25)67(88)57(43(12)13)75(24)65(86)52(34-40(6)7)73(22)66(87)56(42(10)11)74(23)61(82)46(16)68-60(81)45(15)35-53(77)50(32-38(2)3)72(21)64(85)49(41(8)9)37-54(78)51(33-39(4)5)71(20)62(83)47(17)70(19)63(48)84/h38-52,56-59,80H,27-37H2,1-26H3,(H,68,81)/t44-,45+,46+,47-,48+,49-,50-,51+,52-,56?,57-,58+,59-/m1/s1. The molecule has 0 aromatic carbocycles. The van der Waals surface area contributed by atoms with Crippen LogP contribution in [0.25, 0.3) is 0 Å². The van der Waals surface area contributed by atoms with Crippen molar-refractivity contribution in [3.8, 4) is 0 Å². The number of nitrogens with zero attached hydrogens (tertiary/aromatic N) is 8. The summed E-state index contributed by atoms with van der Waals surface area (Å²) in [5.41, 5.74) is 0. The zero-order valence-electron chi connectivity index (χ0n) is 59.7. The van der Waals surface area contributed by atoms with E-state index in [1.165, 1.54) is 97.5 Å². The van der Waals surface area contributed by atoms with Gasteiger partial charge in [-0.1, -0.05) is 104 Å². The summed E-state index contributed by atoms with van der Waals surface area (Å²) >= 11 is 0. The van der Waals surface area contributed by atoms with Gasteiger partial charge in [-0.3, -0.25) is 52.7 Å². The topological polar surface area (TPSA) is 255 Å². The molecule has 22 nitrogen and oxygen atoms in total. The van der Waals surface area contributed by atoms with Crippen molar-refractivity contribution in [2.75, 3.05) is 83.2 Å². The van der Waals surface area contributed by atoms with Gasteiger partial charge >= 0.3 is 0 Å². The highest BCUT2D eigenvalue weighted by molar-refractivity contribution is 6.00. The minimum absolute atomic E-state index is 0.0711. The predicted octanol–water partition coefficient (Wildman–Crippen LogP) is 5.54. The molecule has 89 heavy (non-hydrogen) atoms. The summed E-state index contributed by atoms with van der Waals surface area (Å²) in [5.74, 6) is -11.3. The number of methoxy groups -OCH3 is 1. The van der Waals surface area contributed by atoms with E-state index in [0.717, 1.165) is 0 Å². The summed E-state index contributed by atoms with van der Waals surface area (Å²) in [6.07, 6.45) is -1.28. The number of aliphatic hydroxyl groups is 1. The number of rotatable bonds is 18. The Bertz CT molecular complexity index is 2380. The highest BCUT2D eigenvalue weighted by atomic mass is 16.5. The van der Waals surface area contributed by atoms with Gasteiger partial charge in [-0.2, -0.15) is 0 Å². The Balaban J connectivity index is 4.38. The van der Waals surface area contributed by atoms with Gasteiger partial charge in [-0.05, 0) is 101 Å². The Kier molecular flexibility index (Phi) is 34.2. The van der Waals surface area contributed by atoms with E-state index in [0.29, 0.717) is 26.1 Å². The van der Waals surface area contributed by atoms with Crippen molar-refractivity contribution in [3.63, 3.8) is 0 Å². The second-order valence-corrected chi connectivity index (χ2v) is 28.2. The number of Topliss-reactive ketones (excluding diaryl/α,β-unsaturated/α-hetero) is 3. The number of hydrogen-bond donors (Lipinski definition) is 2. The van der Waals surface area contributed by atoms with Crippen LogP contribution in [0.4, 0.5) is 0 Å². The van der Waals surface area contributed by atoms with Crippen molar-refractivity contribution in [1.82, 2.24) is 44.5 Å². The number of ketones is 3. The maximum atomic E-state index is 15.3. The van der Waals surface area contributed by atoms with Crippen molar-refractivity contribution < 1.29 is 62.6 Å². The predicted molar refractivity (Wildman–Crippen MR) is 347 cm³/mol. The number of nitrogens with one attached hydrogen (secondary N) is 1. The van der Waals surface area contributed by atoms with E-state index in [2.05, 4.69) is 5.32 Å². The van der Waals surface area contributed by atoms with Crippen LogP contribution in [0, 0.1) is 59.2 Å². The van der Waals surface area contributed by atoms with Gasteiger partial charge in [0.05, 0.1) is 24.8 Å². The first-order chi connectivity index (χ1) is 41.0. The Morgan fingerprint density at radius 1 is 0.494 bits per heavy atom. The molecule has 1 aliphatic heterocycles. The lowest BCUT2D eigenvalue weighted by Gasteiger charge is -2.42. The number of ether oxygens (including phenoxy) is 1. The SMILES string of the molecule is CC[C@H]1CC(=O)[C@@H]([C@H](O)[C@H](C)CCN(C)CCOC)N(C)C(=O)[C@@H](C(C)C)N(C)C(=O)[C@@H](CC(C)C)N(C)C(=O)C(C(C)C)N(C)C(=O)[C@H](C)NC(=O)[C@@H](C)CC(=O)[C@@H](CC(C)C)N(C)C(=O)[C@@H](C(C)C)CC(=O)[C@H](CC(C)C)N(C)C(=O)[C@@H](C)N(C)C1=O. The number of aliphatic hydroxyl groups excluding tert-OH is 1. The normalized spacial score (nSPS) is 27.3. The largest absolute Gasteiger partial charge is 0.390 e. The number of hydrogen-bond acceptors (Lipinski definition) is 14. The minimum atomic E-state index is -1.51. The van der Waals surface area contributed by atoms with Crippen LogP contribution in [0.15, 0.2) is 0 Å². The van der Waals surface area contributed by atoms with Gasteiger partial charge in [0.1, 0.15) is 36.3 Å². The molecule has 2 N–H and O–H groups in total. The summed E-state index contributed by atoms with van der Waals surface area (Å²) < 4.78 is 5.26. The molecule has 0 saturated carbocycles. The smallest absolute Gasteiger partial charge is 0.246 e. The number of likely N-dealkylation sites (N-methyl/N-ethyl adjacent to an activating group) is 8. The fourth-order valence-corrected chi connectivity index (χ4v) is 12.2. The van der Waals surface area contributed by atoms with Crippen molar-refractivity contribution in [1.29, 1.82) is 0 Å². The van der Waals surface area contributed by atoms with E-state index >= 15 is 14.4 Å². The molecule has 1 fully saturated rings. The van der Waals surface area contributed by atoms with E-state index in [9.17, 15) is 43.5 Å². The summed E-state index contributed by atoms with van der Waals surface area (Å²) in [6, 6.07) is -9.37. The van der Waals surface area contributed by atoms with Crippen LogP contribution in [0.5, 0.6) is 0 Å². The summed E-state index contributed by atoms with van der Waals surface area (Å²) in [4.78, 5) is 173. The van der Waals surface area contributed by atoms with E-state index < -0.39 is 161 Å². The molecular weight excluding hydrogens is 1140 g/mol. The van der Waals surface area contributed by atoms with Crippen LogP contribution < -0.4 is 5.32 Å². The highest BCUT2D eigenvalue weighted by Crippen LogP contribution is 2.30. The molecule has 22 heteroatoms. The molecule has 0 spiro atoms. The van der Waals surface area contributed by atoms with Crippen molar-refractivity contribution in [2.24, 2.45) is 59.2 Å². The van der Waals surface area contributed by atoms with Gasteiger partial charge in [0.15, 0.2) is 17.3 Å². The maximum Gasteiger partial charge on any atom is 0.246 e. The fraction of sp³-hybridized carbons (Fsp3) is 0.836. The van der Waals surface area contributed by atoms with Gasteiger partial charge in [0.2, 0.25) is 47.3 Å². The van der Waals surface area contributed by atoms with Crippen LogP contribution in [0.2, 0.25) is 0 Å². The quantitative estimate of drug-likeness (QED) is 0.171. The highest BCUT2D eigenvalue weighted by Gasteiger charge is 2.46. The molecule has 13 atom stereocenters. The van der Waals surface area contributed by atoms with Gasteiger partial charge in [-0.15, -0.1) is 0 Å². The van der Waals surface area contributed by atoms with E-state index in [1.807, 2.05) is 67.3 Å². The van der Waals surface area contributed by atoms with Crippen LogP contribution >= 0.6 is 0 Å². The van der Waals surface area contributed by atoms with Crippen LogP contribution in [0.1, 0.15) is 169 Å². The molecule has 1 rings (SSSR count). The summed E-state index contributed by atoms with van der Waals surface area (Å²) in [5, 5.41) is 15.2. The lowest BCUT2D eigenvalue weighted by atomic mass is 9.84.